The van der Waals surface area contributed by atoms with E-state index in [1.165, 1.54) is 6.07 Å². The first-order valence-corrected chi connectivity index (χ1v) is 7.37. The summed E-state index contributed by atoms with van der Waals surface area (Å²) < 4.78 is 13.8. The molecule has 1 fully saturated rings. The van der Waals surface area contributed by atoms with Crippen molar-refractivity contribution < 1.29 is 14.6 Å². The van der Waals surface area contributed by atoms with E-state index in [1.807, 2.05) is 14.1 Å². The van der Waals surface area contributed by atoms with Gasteiger partial charge in [0.15, 0.2) is 0 Å². The van der Waals surface area contributed by atoms with Crippen LogP contribution < -0.4 is 4.90 Å². The van der Waals surface area contributed by atoms with Gasteiger partial charge in [-0.3, -0.25) is 0 Å². The number of hydrogen-bond acceptors (Lipinski definition) is 4. The van der Waals surface area contributed by atoms with E-state index < -0.39 is 6.10 Å². The Bertz CT molecular complexity index is 505. The average molecular weight is 296 g/mol. The van der Waals surface area contributed by atoms with Crippen LogP contribution in [0.5, 0.6) is 0 Å². The number of aryl methyl sites for hydroxylation is 1. The molecule has 1 aliphatic rings. The quantitative estimate of drug-likeness (QED) is 0.887. The van der Waals surface area contributed by atoms with Crippen LogP contribution in [-0.4, -0.2) is 54.4 Å². The zero-order chi connectivity index (χ0) is 15.7. The van der Waals surface area contributed by atoms with E-state index in [2.05, 4.69) is 9.80 Å². The summed E-state index contributed by atoms with van der Waals surface area (Å²) in [6, 6.07) is 3.35. The van der Waals surface area contributed by atoms with Crippen LogP contribution in [0.4, 0.5) is 10.1 Å². The summed E-state index contributed by atoms with van der Waals surface area (Å²) in [7, 11) is 3.99. The monoisotopic (exact) mass is 296 g/mol. The molecule has 3 atom stereocenters. The Balaban J connectivity index is 2.41. The molecule has 1 saturated heterocycles. The van der Waals surface area contributed by atoms with E-state index in [4.69, 9.17) is 0 Å². The van der Waals surface area contributed by atoms with Crippen molar-refractivity contribution >= 4 is 5.69 Å². The van der Waals surface area contributed by atoms with Crippen LogP contribution in [0, 0.1) is 12.7 Å². The van der Waals surface area contributed by atoms with E-state index >= 15 is 0 Å². The number of β-amino-alcohol motifs (C(OH)–C–C–N with tert-alkyl or cyclic N) is 1. The second-order valence-corrected chi connectivity index (χ2v) is 6.29. The molecule has 1 aromatic carbocycles. The number of halogens is 1. The normalized spacial score (nSPS) is 23.9. The molecule has 1 aliphatic heterocycles. The van der Waals surface area contributed by atoms with Gasteiger partial charge in [-0.05, 0) is 52.1 Å². The summed E-state index contributed by atoms with van der Waals surface area (Å²) in [5.41, 5.74) is 1.96. The molecule has 0 saturated carbocycles. The number of anilines is 1. The highest BCUT2D eigenvalue weighted by atomic mass is 19.1. The van der Waals surface area contributed by atoms with E-state index in [0.29, 0.717) is 24.1 Å². The minimum absolute atomic E-state index is 0.164. The van der Waals surface area contributed by atoms with Crippen molar-refractivity contribution in [2.24, 2.45) is 0 Å². The van der Waals surface area contributed by atoms with Gasteiger partial charge in [0.1, 0.15) is 5.82 Å². The lowest BCUT2D eigenvalue weighted by Crippen LogP contribution is -2.38. The summed E-state index contributed by atoms with van der Waals surface area (Å²) >= 11 is 0. The van der Waals surface area contributed by atoms with Crippen molar-refractivity contribution in [1.29, 1.82) is 0 Å². The molecule has 0 spiro atoms. The molecule has 4 nitrogen and oxygen atoms in total. The zero-order valence-electron chi connectivity index (χ0n) is 13.2. The lowest BCUT2D eigenvalue weighted by molar-refractivity contribution is 0.191. The summed E-state index contributed by atoms with van der Waals surface area (Å²) in [4.78, 5) is 4.17. The highest BCUT2D eigenvalue weighted by Gasteiger charge is 2.33. The molecule has 0 bridgehead atoms. The van der Waals surface area contributed by atoms with Gasteiger partial charge in [-0.2, -0.15) is 0 Å². The van der Waals surface area contributed by atoms with Gasteiger partial charge in [-0.15, -0.1) is 0 Å². The van der Waals surface area contributed by atoms with Gasteiger partial charge < -0.3 is 20.0 Å². The van der Waals surface area contributed by atoms with Crippen LogP contribution >= 0.6 is 0 Å². The summed E-state index contributed by atoms with van der Waals surface area (Å²) in [5, 5.41) is 19.9. The molecule has 118 valence electrons. The molecule has 2 rings (SSSR count). The SMILES string of the molecule is Cc1cc(N2CC(O)CC2CN(C)C)c(C(C)O)cc1F. The fourth-order valence-electron chi connectivity index (χ4n) is 3.05. The molecule has 0 radical (unpaired) electrons. The van der Waals surface area contributed by atoms with Gasteiger partial charge in [0, 0.05) is 30.4 Å². The lowest BCUT2D eigenvalue weighted by Gasteiger charge is -2.31. The Hall–Kier alpha value is -1.17. The van der Waals surface area contributed by atoms with Crippen LogP contribution in [0.2, 0.25) is 0 Å². The van der Waals surface area contributed by atoms with Gasteiger partial charge in [0.25, 0.3) is 0 Å². The van der Waals surface area contributed by atoms with Crippen LogP contribution in [0.1, 0.15) is 30.6 Å². The van der Waals surface area contributed by atoms with Gasteiger partial charge >= 0.3 is 0 Å². The smallest absolute Gasteiger partial charge is 0.126 e. The predicted molar refractivity (Wildman–Crippen MR) is 82.1 cm³/mol. The highest BCUT2D eigenvalue weighted by Crippen LogP contribution is 2.34. The maximum atomic E-state index is 13.8. The van der Waals surface area contributed by atoms with E-state index in [0.717, 1.165) is 12.2 Å². The first kappa shape index (κ1) is 16.2. The summed E-state index contributed by atoms with van der Waals surface area (Å²) in [5.74, 6) is -0.307. The number of benzene rings is 1. The minimum atomic E-state index is -0.743. The number of likely N-dealkylation sites (N-methyl/N-ethyl adjacent to an activating group) is 1. The molecule has 5 heteroatoms. The van der Waals surface area contributed by atoms with Crippen LogP contribution in [0.15, 0.2) is 12.1 Å². The second kappa shape index (κ2) is 6.30. The maximum Gasteiger partial charge on any atom is 0.126 e. The Morgan fingerprint density at radius 2 is 2.10 bits per heavy atom. The standard InChI is InChI=1S/C16H25FN2O2/c1-10-5-16(14(11(2)20)7-15(10)17)19-9-13(21)6-12(19)8-18(3)4/h5,7,11-13,20-21H,6,8-9H2,1-4H3. The van der Waals surface area contributed by atoms with Crippen LogP contribution in [0.25, 0.3) is 0 Å². The molecular weight excluding hydrogens is 271 g/mol. The van der Waals surface area contributed by atoms with Crippen molar-refractivity contribution in [1.82, 2.24) is 4.90 Å². The minimum Gasteiger partial charge on any atom is -0.391 e. The Kier molecular flexibility index (Phi) is 4.86. The number of aliphatic hydroxyl groups is 2. The molecule has 2 N–H and O–H groups in total. The fourth-order valence-corrected chi connectivity index (χ4v) is 3.05. The molecule has 0 aliphatic carbocycles. The average Bonchev–Trinajstić information content (AvgIpc) is 2.71. The molecule has 0 aromatic heterocycles. The van der Waals surface area contributed by atoms with Gasteiger partial charge in [-0.1, -0.05) is 0 Å². The maximum absolute atomic E-state index is 13.8. The number of nitrogens with zero attached hydrogens (tertiary/aromatic N) is 2. The third-order valence-corrected chi connectivity index (χ3v) is 4.04. The van der Waals surface area contributed by atoms with Gasteiger partial charge in [-0.25, -0.2) is 4.39 Å². The Morgan fingerprint density at radius 3 is 2.67 bits per heavy atom. The molecule has 1 heterocycles. The van der Waals surface area contributed by atoms with E-state index in [1.54, 1.807) is 19.9 Å². The summed E-state index contributed by atoms with van der Waals surface area (Å²) in [6.45, 7) is 4.69. The molecule has 0 amide bonds. The molecule has 21 heavy (non-hydrogen) atoms. The van der Waals surface area contributed by atoms with Gasteiger partial charge in [0.05, 0.1) is 12.2 Å². The second-order valence-electron chi connectivity index (χ2n) is 6.29. The number of aliphatic hydroxyl groups excluding tert-OH is 2. The molecule has 3 unspecified atom stereocenters. The highest BCUT2D eigenvalue weighted by molar-refractivity contribution is 5.58. The zero-order valence-corrected chi connectivity index (χ0v) is 13.2. The Morgan fingerprint density at radius 1 is 1.43 bits per heavy atom. The topological polar surface area (TPSA) is 46.9 Å². The molecular formula is C16H25FN2O2. The van der Waals surface area contributed by atoms with Crippen LogP contribution in [0.3, 0.4) is 0 Å². The van der Waals surface area contributed by atoms with Crippen molar-refractivity contribution in [3.63, 3.8) is 0 Å². The third kappa shape index (κ3) is 3.54. The first-order valence-electron chi connectivity index (χ1n) is 7.37. The van der Waals surface area contributed by atoms with Gasteiger partial charge in [0.2, 0.25) is 0 Å². The van der Waals surface area contributed by atoms with E-state index in [9.17, 15) is 14.6 Å². The predicted octanol–water partition coefficient (Wildman–Crippen LogP) is 1.69. The molecule has 1 aromatic rings. The number of hydrogen-bond donors (Lipinski definition) is 2. The lowest BCUT2D eigenvalue weighted by atomic mass is 10.0. The first-order chi connectivity index (χ1) is 9.79. The summed E-state index contributed by atoms with van der Waals surface area (Å²) in [6.07, 6.45) is -0.441. The third-order valence-electron chi connectivity index (χ3n) is 4.04. The fraction of sp³-hybridized carbons (Fsp3) is 0.625. The van der Waals surface area contributed by atoms with Crippen molar-refractivity contribution in [2.75, 3.05) is 32.1 Å². The Labute approximate surface area is 125 Å². The largest absolute Gasteiger partial charge is 0.391 e. The van der Waals surface area contributed by atoms with Crippen LogP contribution in [-0.2, 0) is 0 Å². The van der Waals surface area contributed by atoms with Crippen molar-refractivity contribution in [3.05, 3.63) is 29.1 Å². The van der Waals surface area contributed by atoms with E-state index in [-0.39, 0.29) is 18.0 Å². The van der Waals surface area contributed by atoms with Crippen molar-refractivity contribution in [3.8, 4) is 0 Å². The number of rotatable bonds is 4. The van der Waals surface area contributed by atoms with Crippen molar-refractivity contribution in [2.45, 2.75) is 38.5 Å².